The SMILES string of the molecule is CC.c1ccc(N(c2ccccc2)c2n[nH]c(N(c3ccccc3)c3ccccc3)n2)cc1. The minimum absolute atomic E-state index is 0.573. The second kappa shape index (κ2) is 10.8. The van der Waals surface area contributed by atoms with E-state index in [2.05, 4.69) is 63.6 Å². The Morgan fingerprint density at radius 1 is 0.485 bits per heavy atom. The number of rotatable bonds is 6. The summed E-state index contributed by atoms with van der Waals surface area (Å²) in [5, 5.41) is 7.74. The van der Waals surface area contributed by atoms with Crippen LogP contribution in [0.2, 0.25) is 0 Å². The molecule has 33 heavy (non-hydrogen) atoms. The number of nitrogens with one attached hydrogen (secondary N) is 1. The summed E-state index contributed by atoms with van der Waals surface area (Å²) in [6.07, 6.45) is 0. The van der Waals surface area contributed by atoms with Crippen LogP contribution in [0.4, 0.5) is 34.6 Å². The average Bonchev–Trinajstić information content (AvgIpc) is 3.37. The highest BCUT2D eigenvalue weighted by molar-refractivity contribution is 5.76. The van der Waals surface area contributed by atoms with Crippen molar-refractivity contribution in [2.45, 2.75) is 13.8 Å². The van der Waals surface area contributed by atoms with Crippen LogP contribution >= 0.6 is 0 Å². The molecule has 1 heterocycles. The molecule has 4 aromatic carbocycles. The lowest BCUT2D eigenvalue weighted by Gasteiger charge is -2.23. The van der Waals surface area contributed by atoms with Crippen LogP contribution in [0.25, 0.3) is 0 Å². The van der Waals surface area contributed by atoms with Crippen LogP contribution in [0.1, 0.15) is 13.8 Å². The molecule has 0 atom stereocenters. The summed E-state index contributed by atoms with van der Waals surface area (Å²) in [7, 11) is 0. The molecule has 0 aliphatic heterocycles. The molecule has 0 radical (unpaired) electrons. The maximum absolute atomic E-state index is 4.90. The standard InChI is InChI=1S/C26H21N5.C2H6/c1-5-13-21(14-6-1)30(22-15-7-2-8-16-22)25-27-26(29-28-25)31(23-17-9-3-10-18-23)24-19-11-4-12-20-24;1-2/h1-20H,(H,27,28,29);1-2H3. The zero-order chi connectivity index (χ0) is 22.9. The van der Waals surface area contributed by atoms with E-state index in [1.807, 2.05) is 91.5 Å². The molecule has 5 aromatic rings. The van der Waals surface area contributed by atoms with Crippen LogP contribution in [0, 0.1) is 0 Å². The predicted octanol–water partition coefficient (Wildman–Crippen LogP) is 7.77. The molecule has 0 aliphatic rings. The summed E-state index contributed by atoms with van der Waals surface area (Å²) in [6, 6.07) is 40.6. The first-order valence-electron chi connectivity index (χ1n) is 11.1. The molecule has 0 aliphatic carbocycles. The number of anilines is 6. The number of nitrogens with zero attached hydrogens (tertiary/aromatic N) is 4. The second-order valence-corrected chi connectivity index (χ2v) is 6.97. The van der Waals surface area contributed by atoms with Crippen LogP contribution in [-0.2, 0) is 0 Å². The normalized spacial score (nSPS) is 10.1. The largest absolute Gasteiger partial charge is 0.280 e. The third-order valence-electron chi connectivity index (χ3n) is 4.93. The van der Waals surface area contributed by atoms with Crippen LogP contribution < -0.4 is 9.80 Å². The monoisotopic (exact) mass is 433 g/mol. The first kappa shape index (κ1) is 21.8. The summed E-state index contributed by atoms with van der Waals surface area (Å²) < 4.78 is 0. The number of aromatic nitrogens is 3. The van der Waals surface area contributed by atoms with Gasteiger partial charge in [0, 0.05) is 22.7 Å². The van der Waals surface area contributed by atoms with Gasteiger partial charge >= 0.3 is 0 Å². The van der Waals surface area contributed by atoms with Crippen LogP contribution in [0.15, 0.2) is 121 Å². The van der Waals surface area contributed by atoms with Gasteiger partial charge in [-0.15, -0.1) is 5.10 Å². The van der Waals surface area contributed by atoms with Crippen molar-refractivity contribution in [1.82, 2.24) is 15.2 Å². The number of aromatic amines is 1. The van der Waals surface area contributed by atoms with Crippen LogP contribution in [0.5, 0.6) is 0 Å². The number of para-hydroxylation sites is 4. The molecule has 0 saturated carbocycles. The van der Waals surface area contributed by atoms with Gasteiger partial charge < -0.3 is 0 Å². The highest BCUT2D eigenvalue weighted by Crippen LogP contribution is 2.36. The summed E-state index contributed by atoms with van der Waals surface area (Å²) >= 11 is 0. The molecular formula is C28H27N5. The van der Waals surface area contributed by atoms with Gasteiger partial charge in [0.05, 0.1) is 0 Å². The Kier molecular flexibility index (Phi) is 7.13. The molecule has 0 unspecified atom stereocenters. The average molecular weight is 434 g/mol. The Morgan fingerprint density at radius 2 is 0.818 bits per heavy atom. The van der Waals surface area contributed by atoms with E-state index >= 15 is 0 Å². The lowest BCUT2D eigenvalue weighted by atomic mass is 10.2. The van der Waals surface area contributed by atoms with Gasteiger partial charge in [-0.2, -0.15) is 4.98 Å². The molecule has 5 heteroatoms. The minimum Gasteiger partial charge on any atom is -0.280 e. The van der Waals surface area contributed by atoms with Crippen molar-refractivity contribution in [3.8, 4) is 0 Å². The summed E-state index contributed by atoms with van der Waals surface area (Å²) in [5.41, 5.74) is 3.99. The Balaban J connectivity index is 0.00000126. The molecule has 0 saturated heterocycles. The van der Waals surface area contributed by atoms with Crippen molar-refractivity contribution in [2.24, 2.45) is 0 Å². The highest BCUT2D eigenvalue weighted by atomic mass is 15.4. The van der Waals surface area contributed by atoms with Crippen molar-refractivity contribution >= 4 is 34.6 Å². The fourth-order valence-corrected chi connectivity index (χ4v) is 3.53. The number of H-pyrrole nitrogens is 1. The summed E-state index contributed by atoms with van der Waals surface area (Å²) in [4.78, 5) is 9.00. The highest BCUT2D eigenvalue weighted by Gasteiger charge is 2.21. The van der Waals surface area contributed by atoms with Gasteiger partial charge in [0.1, 0.15) is 0 Å². The van der Waals surface area contributed by atoms with Crippen molar-refractivity contribution in [3.05, 3.63) is 121 Å². The Labute approximate surface area is 195 Å². The Bertz CT molecular complexity index is 1050. The van der Waals surface area contributed by atoms with E-state index in [-0.39, 0.29) is 0 Å². The van der Waals surface area contributed by atoms with E-state index in [9.17, 15) is 0 Å². The third-order valence-corrected chi connectivity index (χ3v) is 4.93. The Hall–Kier alpha value is -4.38. The van der Waals surface area contributed by atoms with E-state index in [0.29, 0.717) is 11.9 Å². The van der Waals surface area contributed by atoms with Gasteiger partial charge in [0.15, 0.2) is 0 Å². The van der Waals surface area contributed by atoms with Crippen molar-refractivity contribution in [3.63, 3.8) is 0 Å². The summed E-state index contributed by atoms with van der Waals surface area (Å²) in [6.45, 7) is 4.00. The van der Waals surface area contributed by atoms with Crippen LogP contribution in [-0.4, -0.2) is 15.2 Å². The zero-order valence-corrected chi connectivity index (χ0v) is 18.8. The fraction of sp³-hybridized carbons (Fsp3) is 0.0714. The number of hydrogen-bond donors (Lipinski definition) is 1. The van der Waals surface area contributed by atoms with Crippen molar-refractivity contribution in [2.75, 3.05) is 9.80 Å². The van der Waals surface area contributed by atoms with E-state index in [4.69, 9.17) is 4.98 Å². The smallest absolute Gasteiger partial charge is 0.255 e. The Morgan fingerprint density at radius 3 is 1.18 bits per heavy atom. The van der Waals surface area contributed by atoms with Crippen LogP contribution in [0.3, 0.4) is 0 Å². The molecule has 0 spiro atoms. The first-order valence-corrected chi connectivity index (χ1v) is 11.1. The van der Waals surface area contributed by atoms with Gasteiger partial charge in [-0.05, 0) is 48.5 Å². The lowest BCUT2D eigenvalue weighted by molar-refractivity contribution is 1.04. The van der Waals surface area contributed by atoms with E-state index < -0.39 is 0 Å². The maximum atomic E-state index is 4.90. The number of benzene rings is 4. The van der Waals surface area contributed by atoms with Gasteiger partial charge in [-0.25, -0.2) is 5.10 Å². The van der Waals surface area contributed by atoms with Gasteiger partial charge in [0.2, 0.25) is 5.95 Å². The third kappa shape index (κ3) is 4.93. The summed E-state index contributed by atoms with van der Waals surface area (Å²) in [5.74, 6) is 1.22. The first-order chi connectivity index (χ1) is 16.4. The van der Waals surface area contributed by atoms with Crippen molar-refractivity contribution < 1.29 is 0 Å². The molecule has 0 fully saturated rings. The van der Waals surface area contributed by atoms with E-state index in [1.54, 1.807) is 0 Å². The van der Waals surface area contributed by atoms with Crippen molar-refractivity contribution in [1.29, 1.82) is 0 Å². The molecule has 1 aromatic heterocycles. The minimum atomic E-state index is 0.573. The van der Waals surface area contributed by atoms with Gasteiger partial charge in [0.25, 0.3) is 5.95 Å². The molecule has 0 bridgehead atoms. The molecular weight excluding hydrogens is 406 g/mol. The second-order valence-electron chi connectivity index (χ2n) is 6.97. The molecule has 5 nitrogen and oxygen atoms in total. The van der Waals surface area contributed by atoms with Gasteiger partial charge in [-0.3, -0.25) is 9.80 Å². The molecule has 1 N–H and O–H groups in total. The molecule has 5 rings (SSSR count). The molecule has 164 valence electrons. The fourth-order valence-electron chi connectivity index (χ4n) is 3.53. The quantitative estimate of drug-likeness (QED) is 0.297. The molecule has 0 amide bonds. The maximum Gasteiger partial charge on any atom is 0.255 e. The van der Waals surface area contributed by atoms with E-state index in [1.165, 1.54) is 0 Å². The number of hydrogen-bond acceptors (Lipinski definition) is 4. The topological polar surface area (TPSA) is 48.1 Å². The lowest BCUT2D eigenvalue weighted by Crippen LogP contribution is -2.13. The van der Waals surface area contributed by atoms with E-state index in [0.717, 1.165) is 22.7 Å². The zero-order valence-electron chi connectivity index (χ0n) is 18.8. The van der Waals surface area contributed by atoms with Gasteiger partial charge in [-0.1, -0.05) is 86.6 Å². The predicted molar refractivity (Wildman–Crippen MR) is 137 cm³/mol.